The van der Waals surface area contributed by atoms with Crippen molar-refractivity contribution in [2.75, 3.05) is 17.4 Å². The zero-order chi connectivity index (χ0) is 13.0. The van der Waals surface area contributed by atoms with E-state index in [1.165, 1.54) is 11.1 Å². The Morgan fingerprint density at radius 2 is 2.00 bits per heavy atom. The molecule has 2 aromatic heterocycles. The van der Waals surface area contributed by atoms with E-state index in [9.17, 15) is 4.79 Å². The largest absolute Gasteiger partial charge is 0.323 e. The first kappa shape index (κ1) is 12.0. The minimum Gasteiger partial charge on any atom is -0.323 e. The number of nitrogens with zero attached hydrogens (tertiary/aromatic N) is 3. The monoisotopic (exact) mass is 243 g/mol. The molecule has 6 heteroatoms. The number of amides is 1. The average molecular weight is 243 g/mol. The summed E-state index contributed by atoms with van der Waals surface area (Å²) in [6.07, 6.45) is 4.77. The summed E-state index contributed by atoms with van der Waals surface area (Å²) in [6, 6.07) is 6.83. The predicted octanol–water partition coefficient (Wildman–Crippen LogP) is 1.04. The van der Waals surface area contributed by atoms with Crippen molar-refractivity contribution in [2.24, 2.45) is 5.84 Å². The van der Waals surface area contributed by atoms with Gasteiger partial charge in [0.05, 0.1) is 11.9 Å². The number of nitrogen functional groups attached to an aromatic ring is 1. The van der Waals surface area contributed by atoms with Crippen molar-refractivity contribution in [3.63, 3.8) is 0 Å². The second kappa shape index (κ2) is 5.24. The first-order chi connectivity index (χ1) is 8.72. The number of hydrazine groups is 1. The molecule has 0 radical (unpaired) electrons. The van der Waals surface area contributed by atoms with Gasteiger partial charge in [-0.05, 0) is 24.3 Å². The van der Waals surface area contributed by atoms with Crippen LogP contribution in [0.25, 0.3) is 0 Å². The molecule has 2 aromatic rings. The lowest BCUT2D eigenvalue weighted by Gasteiger charge is -2.16. The minimum absolute atomic E-state index is 0.190. The van der Waals surface area contributed by atoms with Gasteiger partial charge < -0.3 is 10.3 Å². The first-order valence-electron chi connectivity index (χ1n) is 5.33. The van der Waals surface area contributed by atoms with Gasteiger partial charge in [0.2, 0.25) is 0 Å². The molecule has 6 nitrogen and oxygen atoms in total. The van der Waals surface area contributed by atoms with Crippen LogP contribution in [0.1, 0.15) is 10.5 Å². The van der Waals surface area contributed by atoms with Crippen molar-refractivity contribution >= 4 is 17.3 Å². The van der Waals surface area contributed by atoms with Gasteiger partial charge in [-0.2, -0.15) is 0 Å². The molecule has 0 fully saturated rings. The van der Waals surface area contributed by atoms with Gasteiger partial charge in [0.25, 0.3) is 5.91 Å². The van der Waals surface area contributed by atoms with Crippen LogP contribution in [0.15, 0.2) is 42.9 Å². The van der Waals surface area contributed by atoms with E-state index in [1.807, 2.05) is 0 Å². The summed E-state index contributed by atoms with van der Waals surface area (Å²) < 4.78 is 0. The normalized spacial score (nSPS) is 9.89. The minimum atomic E-state index is -0.190. The van der Waals surface area contributed by atoms with Crippen molar-refractivity contribution in [3.05, 3.63) is 48.5 Å². The quantitative estimate of drug-likeness (QED) is 0.621. The Morgan fingerprint density at radius 3 is 2.56 bits per heavy atom. The van der Waals surface area contributed by atoms with Gasteiger partial charge in [0.1, 0.15) is 5.69 Å². The number of hydrogen-bond acceptors (Lipinski definition) is 5. The summed E-state index contributed by atoms with van der Waals surface area (Å²) in [4.78, 5) is 21.6. The van der Waals surface area contributed by atoms with Gasteiger partial charge in [0.15, 0.2) is 0 Å². The Morgan fingerprint density at radius 1 is 1.28 bits per heavy atom. The van der Waals surface area contributed by atoms with Crippen LogP contribution in [0, 0.1) is 0 Å². The molecule has 2 heterocycles. The van der Waals surface area contributed by atoms with Crippen LogP contribution in [-0.2, 0) is 0 Å². The fourth-order valence-electron chi connectivity index (χ4n) is 1.46. The number of rotatable bonds is 3. The Bertz CT molecular complexity index is 526. The smallest absolute Gasteiger partial charge is 0.276 e. The number of nitrogens with one attached hydrogen (secondary N) is 1. The number of carbonyl (C=O) groups is 1. The molecule has 0 unspecified atom stereocenters. The summed E-state index contributed by atoms with van der Waals surface area (Å²) >= 11 is 0. The number of aromatic nitrogens is 2. The average Bonchev–Trinajstić information content (AvgIpc) is 2.47. The van der Waals surface area contributed by atoms with Crippen LogP contribution in [-0.4, -0.2) is 22.9 Å². The van der Waals surface area contributed by atoms with Crippen LogP contribution < -0.4 is 16.2 Å². The molecule has 0 aliphatic carbocycles. The zero-order valence-electron chi connectivity index (χ0n) is 9.87. The third-order valence-corrected chi connectivity index (χ3v) is 2.50. The molecule has 0 spiro atoms. The molecule has 0 aliphatic rings. The second-order valence-corrected chi connectivity index (χ2v) is 3.65. The van der Waals surface area contributed by atoms with Crippen LogP contribution >= 0.6 is 0 Å². The third-order valence-electron chi connectivity index (χ3n) is 2.50. The molecular weight excluding hydrogens is 230 g/mol. The maximum atomic E-state index is 12.1. The number of anilines is 2. The Kier molecular flexibility index (Phi) is 3.49. The van der Waals surface area contributed by atoms with Gasteiger partial charge in [-0.1, -0.05) is 0 Å². The van der Waals surface area contributed by atoms with Crippen molar-refractivity contribution < 1.29 is 4.79 Å². The SMILES string of the molecule is CN(C(=O)c1ccc(NN)cn1)c1ccncc1. The number of pyridine rings is 2. The van der Waals surface area contributed by atoms with Gasteiger partial charge in [-0.25, -0.2) is 4.98 Å². The topological polar surface area (TPSA) is 84.1 Å². The fourth-order valence-corrected chi connectivity index (χ4v) is 1.46. The maximum absolute atomic E-state index is 12.1. The Labute approximate surface area is 104 Å². The highest BCUT2D eigenvalue weighted by Gasteiger charge is 2.14. The molecule has 92 valence electrons. The number of carbonyl (C=O) groups excluding carboxylic acids is 1. The molecule has 0 atom stereocenters. The predicted molar refractivity (Wildman–Crippen MR) is 69.0 cm³/mol. The third kappa shape index (κ3) is 2.44. The van der Waals surface area contributed by atoms with Crippen LogP contribution in [0.5, 0.6) is 0 Å². The maximum Gasteiger partial charge on any atom is 0.276 e. The lowest BCUT2D eigenvalue weighted by molar-refractivity contribution is 0.0988. The van der Waals surface area contributed by atoms with E-state index in [4.69, 9.17) is 5.84 Å². The molecule has 1 amide bonds. The zero-order valence-corrected chi connectivity index (χ0v) is 9.87. The van der Waals surface area contributed by atoms with Crippen molar-refractivity contribution in [1.29, 1.82) is 0 Å². The van der Waals surface area contributed by atoms with E-state index in [2.05, 4.69) is 15.4 Å². The summed E-state index contributed by atoms with van der Waals surface area (Å²) in [5.74, 6) is 5.04. The summed E-state index contributed by atoms with van der Waals surface area (Å²) in [7, 11) is 1.69. The van der Waals surface area contributed by atoms with Crippen molar-refractivity contribution in [2.45, 2.75) is 0 Å². The molecule has 18 heavy (non-hydrogen) atoms. The highest BCUT2D eigenvalue weighted by molar-refractivity contribution is 6.04. The van der Waals surface area contributed by atoms with Crippen LogP contribution in [0.4, 0.5) is 11.4 Å². The summed E-state index contributed by atoms with van der Waals surface area (Å²) in [5.41, 5.74) is 4.23. The Balaban J connectivity index is 2.20. The lowest BCUT2D eigenvalue weighted by Crippen LogP contribution is -2.27. The van der Waals surface area contributed by atoms with Gasteiger partial charge >= 0.3 is 0 Å². The fraction of sp³-hybridized carbons (Fsp3) is 0.0833. The highest BCUT2D eigenvalue weighted by Crippen LogP contribution is 2.13. The Hall–Kier alpha value is -2.47. The molecular formula is C12H13N5O. The van der Waals surface area contributed by atoms with Crippen molar-refractivity contribution in [3.8, 4) is 0 Å². The molecule has 0 aliphatic heterocycles. The molecule has 0 saturated heterocycles. The van der Waals surface area contributed by atoms with Crippen LogP contribution in [0.2, 0.25) is 0 Å². The van der Waals surface area contributed by atoms with E-state index < -0.39 is 0 Å². The summed E-state index contributed by atoms with van der Waals surface area (Å²) in [6.45, 7) is 0. The molecule has 2 rings (SSSR count). The summed E-state index contributed by atoms with van der Waals surface area (Å²) in [5, 5.41) is 0. The lowest BCUT2D eigenvalue weighted by atomic mass is 10.3. The number of nitrogens with two attached hydrogens (primary N) is 1. The highest BCUT2D eigenvalue weighted by atomic mass is 16.2. The van der Waals surface area contributed by atoms with Gasteiger partial charge in [-0.15, -0.1) is 0 Å². The standard InChI is InChI=1S/C12H13N5O/c1-17(10-4-6-14-7-5-10)12(18)11-3-2-9(16-13)8-15-11/h2-8,16H,13H2,1H3. The van der Waals surface area contributed by atoms with Gasteiger partial charge in [-0.3, -0.25) is 15.6 Å². The van der Waals surface area contributed by atoms with E-state index in [-0.39, 0.29) is 5.91 Å². The first-order valence-corrected chi connectivity index (χ1v) is 5.33. The van der Waals surface area contributed by atoms with E-state index in [0.717, 1.165) is 5.69 Å². The van der Waals surface area contributed by atoms with Crippen LogP contribution in [0.3, 0.4) is 0 Å². The molecule has 0 saturated carbocycles. The van der Waals surface area contributed by atoms with Crippen molar-refractivity contribution in [1.82, 2.24) is 9.97 Å². The number of hydrogen-bond donors (Lipinski definition) is 2. The molecule has 0 aromatic carbocycles. The van der Waals surface area contributed by atoms with Gasteiger partial charge in [0, 0.05) is 25.1 Å². The second-order valence-electron chi connectivity index (χ2n) is 3.65. The molecule has 3 N–H and O–H groups in total. The van der Waals surface area contributed by atoms with E-state index in [1.54, 1.807) is 43.7 Å². The molecule has 0 bridgehead atoms. The van der Waals surface area contributed by atoms with E-state index in [0.29, 0.717) is 11.4 Å². The van der Waals surface area contributed by atoms with E-state index >= 15 is 0 Å².